The molecular formula is C19H37N3O. The summed E-state index contributed by atoms with van der Waals surface area (Å²) in [7, 11) is 0. The molecule has 0 aromatic rings. The number of nitrogens with one attached hydrogen (secondary N) is 1. The fraction of sp³-hybridized carbons (Fsp3) is 0.947. The molecule has 1 aliphatic carbocycles. The molecule has 134 valence electrons. The Labute approximate surface area is 143 Å². The minimum absolute atomic E-state index is 0.237. The van der Waals surface area contributed by atoms with Crippen molar-refractivity contribution in [2.75, 3.05) is 39.3 Å². The molecule has 1 saturated carbocycles. The lowest BCUT2D eigenvalue weighted by Crippen LogP contribution is -2.50. The lowest BCUT2D eigenvalue weighted by atomic mass is 9.87. The van der Waals surface area contributed by atoms with Gasteiger partial charge in [-0.1, -0.05) is 33.1 Å². The van der Waals surface area contributed by atoms with Crippen LogP contribution in [-0.4, -0.2) is 61.0 Å². The van der Waals surface area contributed by atoms with Gasteiger partial charge in [0.05, 0.1) is 6.54 Å². The summed E-state index contributed by atoms with van der Waals surface area (Å²) in [5.41, 5.74) is 0. The van der Waals surface area contributed by atoms with E-state index in [1.54, 1.807) is 0 Å². The number of hydrogen-bond donors (Lipinski definition) is 1. The molecule has 0 aromatic heterocycles. The molecule has 4 nitrogen and oxygen atoms in total. The van der Waals surface area contributed by atoms with Crippen LogP contribution in [-0.2, 0) is 4.79 Å². The van der Waals surface area contributed by atoms with Crippen molar-refractivity contribution in [1.82, 2.24) is 15.1 Å². The van der Waals surface area contributed by atoms with Gasteiger partial charge in [-0.25, -0.2) is 0 Å². The van der Waals surface area contributed by atoms with E-state index < -0.39 is 0 Å². The fourth-order valence-corrected chi connectivity index (χ4v) is 3.81. The smallest absolute Gasteiger partial charge is 0.234 e. The standard InChI is InChI=1S/C19H37N3O/c1-3-4-5-6-11-21-12-14-22(15-13-21)16-19(23)20-18-9-7-17(2)8-10-18/h17-18H,3-16H2,1-2H3,(H,20,23). The molecule has 2 fully saturated rings. The third-order valence-electron chi connectivity index (χ3n) is 5.54. The summed E-state index contributed by atoms with van der Waals surface area (Å²) >= 11 is 0. The van der Waals surface area contributed by atoms with Crippen LogP contribution in [0.15, 0.2) is 0 Å². The Morgan fingerprint density at radius 1 is 0.957 bits per heavy atom. The van der Waals surface area contributed by atoms with E-state index in [1.807, 2.05) is 0 Å². The Bertz CT molecular complexity index is 332. The van der Waals surface area contributed by atoms with Crippen molar-refractivity contribution in [3.63, 3.8) is 0 Å². The summed E-state index contributed by atoms with van der Waals surface area (Å²) in [6.07, 6.45) is 10.2. The van der Waals surface area contributed by atoms with Crippen LogP contribution in [0.25, 0.3) is 0 Å². The minimum Gasteiger partial charge on any atom is -0.352 e. The number of piperazine rings is 1. The number of nitrogens with zero attached hydrogens (tertiary/aromatic N) is 2. The molecule has 0 unspecified atom stereocenters. The van der Waals surface area contributed by atoms with Crippen LogP contribution in [0.4, 0.5) is 0 Å². The summed E-state index contributed by atoms with van der Waals surface area (Å²) in [5.74, 6) is 1.08. The van der Waals surface area contributed by atoms with Crippen LogP contribution in [0.5, 0.6) is 0 Å². The van der Waals surface area contributed by atoms with Crippen LogP contribution in [0.3, 0.4) is 0 Å². The van der Waals surface area contributed by atoms with E-state index in [4.69, 9.17) is 0 Å². The van der Waals surface area contributed by atoms with Gasteiger partial charge in [0.2, 0.25) is 5.91 Å². The highest BCUT2D eigenvalue weighted by Crippen LogP contribution is 2.23. The van der Waals surface area contributed by atoms with Gasteiger partial charge in [-0.2, -0.15) is 0 Å². The molecule has 2 aliphatic rings. The van der Waals surface area contributed by atoms with Gasteiger partial charge < -0.3 is 10.2 Å². The number of hydrogen-bond acceptors (Lipinski definition) is 3. The Morgan fingerprint density at radius 3 is 2.26 bits per heavy atom. The van der Waals surface area contributed by atoms with Crippen LogP contribution < -0.4 is 5.32 Å². The number of rotatable bonds is 8. The average Bonchev–Trinajstić information content (AvgIpc) is 2.55. The topological polar surface area (TPSA) is 35.6 Å². The van der Waals surface area contributed by atoms with E-state index in [0.29, 0.717) is 12.6 Å². The zero-order chi connectivity index (χ0) is 16.5. The lowest BCUT2D eigenvalue weighted by Gasteiger charge is -2.35. The maximum Gasteiger partial charge on any atom is 0.234 e. The SMILES string of the molecule is CCCCCCN1CCN(CC(=O)NC2CCC(C)CC2)CC1. The fourth-order valence-electron chi connectivity index (χ4n) is 3.81. The van der Waals surface area contributed by atoms with Gasteiger partial charge in [0.25, 0.3) is 0 Å². The molecule has 0 aromatic carbocycles. The van der Waals surface area contributed by atoms with Gasteiger partial charge >= 0.3 is 0 Å². The maximum absolute atomic E-state index is 12.2. The largest absolute Gasteiger partial charge is 0.352 e. The van der Waals surface area contributed by atoms with Gasteiger partial charge in [-0.15, -0.1) is 0 Å². The summed E-state index contributed by atoms with van der Waals surface area (Å²) in [6.45, 7) is 10.8. The molecule has 0 radical (unpaired) electrons. The van der Waals surface area contributed by atoms with E-state index in [9.17, 15) is 4.79 Å². The molecule has 1 saturated heterocycles. The molecule has 0 bridgehead atoms. The van der Waals surface area contributed by atoms with Gasteiger partial charge in [0.1, 0.15) is 0 Å². The first-order valence-corrected chi connectivity index (χ1v) is 9.91. The second-order valence-electron chi connectivity index (χ2n) is 7.70. The summed E-state index contributed by atoms with van der Waals surface area (Å²) < 4.78 is 0. The van der Waals surface area contributed by atoms with Crippen molar-refractivity contribution >= 4 is 5.91 Å². The number of unbranched alkanes of at least 4 members (excludes halogenated alkanes) is 3. The quantitative estimate of drug-likeness (QED) is 0.698. The van der Waals surface area contributed by atoms with Gasteiger partial charge in [-0.3, -0.25) is 9.69 Å². The van der Waals surface area contributed by atoms with E-state index in [0.717, 1.165) is 32.1 Å². The van der Waals surface area contributed by atoms with E-state index >= 15 is 0 Å². The van der Waals surface area contributed by atoms with E-state index in [2.05, 4.69) is 29.0 Å². The number of carbonyl (C=O) groups is 1. The van der Waals surface area contributed by atoms with Crippen LogP contribution >= 0.6 is 0 Å². The molecule has 4 heteroatoms. The zero-order valence-corrected chi connectivity index (χ0v) is 15.4. The minimum atomic E-state index is 0.237. The van der Waals surface area contributed by atoms with Crippen molar-refractivity contribution < 1.29 is 4.79 Å². The van der Waals surface area contributed by atoms with Gasteiger partial charge in [-0.05, 0) is 44.6 Å². The van der Waals surface area contributed by atoms with Crippen LogP contribution in [0.1, 0.15) is 65.2 Å². The highest BCUT2D eigenvalue weighted by atomic mass is 16.2. The summed E-state index contributed by atoms with van der Waals surface area (Å²) in [4.78, 5) is 17.1. The molecule has 0 spiro atoms. The molecule has 1 N–H and O–H groups in total. The predicted molar refractivity (Wildman–Crippen MR) is 96.6 cm³/mol. The Kier molecular flexibility index (Phi) is 8.38. The normalized spacial score (nSPS) is 27.0. The zero-order valence-electron chi connectivity index (χ0n) is 15.4. The monoisotopic (exact) mass is 323 g/mol. The maximum atomic E-state index is 12.2. The lowest BCUT2D eigenvalue weighted by molar-refractivity contribution is -0.123. The highest BCUT2D eigenvalue weighted by Gasteiger charge is 2.22. The van der Waals surface area contributed by atoms with Crippen molar-refractivity contribution in [3.8, 4) is 0 Å². The summed E-state index contributed by atoms with van der Waals surface area (Å²) in [6, 6.07) is 0.429. The molecular weight excluding hydrogens is 286 g/mol. The predicted octanol–water partition coefficient (Wildman–Crippen LogP) is 2.88. The van der Waals surface area contributed by atoms with Crippen molar-refractivity contribution in [2.24, 2.45) is 5.92 Å². The second-order valence-corrected chi connectivity index (χ2v) is 7.70. The third-order valence-corrected chi connectivity index (χ3v) is 5.54. The van der Waals surface area contributed by atoms with E-state index in [1.165, 1.54) is 57.9 Å². The van der Waals surface area contributed by atoms with Gasteiger partial charge in [0.15, 0.2) is 0 Å². The Hall–Kier alpha value is -0.610. The molecule has 0 atom stereocenters. The number of carbonyl (C=O) groups excluding carboxylic acids is 1. The van der Waals surface area contributed by atoms with Crippen LogP contribution in [0.2, 0.25) is 0 Å². The first kappa shape index (κ1) is 18.7. The molecule has 23 heavy (non-hydrogen) atoms. The van der Waals surface area contributed by atoms with Crippen molar-refractivity contribution in [2.45, 2.75) is 71.3 Å². The van der Waals surface area contributed by atoms with Gasteiger partial charge in [0, 0.05) is 32.2 Å². The number of amides is 1. The van der Waals surface area contributed by atoms with Crippen molar-refractivity contribution in [1.29, 1.82) is 0 Å². The first-order chi connectivity index (χ1) is 11.2. The van der Waals surface area contributed by atoms with Crippen molar-refractivity contribution in [3.05, 3.63) is 0 Å². The third kappa shape index (κ3) is 7.21. The van der Waals surface area contributed by atoms with E-state index in [-0.39, 0.29) is 5.91 Å². The first-order valence-electron chi connectivity index (χ1n) is 9.91. The average molecular weight is 324 g/mol. The molecule has 1 aliphatic heterocycles. The highest BCUT2D eigenvalue weighted by molar-refractivity contribution is 5.78. The summed E-state index contributed by atoms with van der Waals surface area (Å²) in [5, 5.41) is 3.25. The molecule has 1 heterocycles. The Morgan fingerprint density at radius 2 is 1.61 bits per heavy atom. The Balaban J connectivity index is 1.55. The molecule has 1 amide bonds. The van der Waals surface area contributed by atoms with Crippen LogP contribution in [0, 0.1) is 5.92 Å². The second kappa shape index (κ2) is 10.3. The molecule has 2 rings (SSSR count).